The Morgan fingerprint density at radius 1 is 1.37 bits per heavy atom. The summed E-state index contributed by atoms with van der Waals surface area (Å²) in [5.41, 5.74) is 1.76. The molecule has 4 N–H and O–H groups in total. The van der Waals surface area contributed by atoms with Gasteiger partial charge in [0.05, 0.1) is 17.3 Å². The van der Waals surface area contributed by atoms with Crippen molar-refractivity contribution in [2.24, 2.45) is 12.0 Å². The number of aryl methyl sites for hydroxylation is 1. The number of halogens is 3. The summed E-state index contributed by atoms with van der Waals surface area (Å²) in [6.45, 7) is 1.93. The van der Waals surface area contributed by atoms with Gasteiger partial charge in [0.15, 0.2) is 5.69 Å². The van der Waals surface area contributed by atoms with Crippen LogP contribution in [0.15, 0.2) is 34.9 Å². The molecule has 12 heteroatoms. The van der Waals surface area contributed by atoms with E-state index in [2.05, 4.69) is 26.5 Å². The lowest BCUT2D eigenvalue weighted by molar-refractivity contribution is -0.140. The molecule has 0 spiro atoms. The van der Waals surface area contributed by atoms with Crippen LogP contribution in [0.5, 0.6) is 0 Å². The van der Waals surface area contributed by atoms with E-state index < -0.39 is 17.8 Å². The molecule has 0 aromatic carbocycles. The van der Waals surface area contributed by atoms with Crippen LogP contribution < -0.4 is 21.4 Å². The first-order chi connectivity index (χ1) is 14.3. The molecule has 3 aliphatic heterocycles. The van der Waals surface area contributed by atoms with Crippen LogP contribution in [-0.4, -0.2) is 52.2 Å². The van der Waals surface area contributed by atoms with E-state index in [1.165, 1.54) is 7.05 Å². The van der Waals surface area contributed by atoms with Crippen LogP contribution >= 0.6 is 0 Å². The van der Waals surface area contributed by atoms with Crippen LogP contribution in [0.25, 0.3) is 0 Å². The highest BCUT2D eigenvalue weighted by Crippen LogP contribution is 2.33. The van der Waals surface area contributed by atoms with Crippen LogP contribution in [0.1, 0.15) is 25.0 Å². The molecule has 1 amide bonds. The highest BCUT2D eigenvalue weighted by Gasteiger charge is 2.38. The second kappa shape index (κ2) is 8.11. The average molecular weight is 424 g/mol. The maximum atomic E-state index is 13.2. The zero-order valence-corrected chi connectivity index (χ0v) is 16.4. The molecule has 1 atom stereocenters. The minimum absolute atomic E-state index is 0.128. The van der Waals surface area contributed by atoms with E-state index >= 15 is 0 Å². The summed E-state index contributed by atoms with van der Waals surface area (Å²) >= 11 is 0. The molecule has 4 heterocycles. The third-order valence-corrected chi connectivity index (χ3v) is 5.04. The van der Waals surface area contributed by atoms with Crippen molar-refractivity contribution in [3.05, 3.63) is 35.6 Å². The van der Waals surface area contributed by atoms with Gasteiger partial charge in [0.25, 0.3) is 5.91 Å². The molecule has 0 aliphatic carbocycles. The monoisotopic (exact) mass is 424 g/mol. The molecular formula is C18H23F3N8O. The van der Waals surface area contributed by atoms with Gasteiger partial charge < -0.3 is 16.0 Å². The van der Waals surface area contributed by atoms with Crippen molar-refractivity contribution in [3.63, 3.8) is 0 Å². The Morgan fingerprint density at radius 2 is 2.20 bits per heavy atom. The molecule has 1 fully saturated rings. The zero-order valence-electron chi connectivity index (χ0n) is 16.4. The second-order valence-corrected chi connectivity index (χ2v) is 7.36. The summed E-state index contributed by atoms with van der Waals surface area (Å²) < 4.78 is 40.5. The molecule has 30 heavy (non-hydrogen) atoms. The Morgan fingerprint density at radius 3 is 3.00 bits per heavy atom. The molecular weight excluding hydrogens is 401 g/mol. The number of alkyl halides is 3. The Labute approximate surface area is 171 Å². The summed E-state index contributed by atoms with van der Waals surface area (Å²) in [6, 6.07) is 0.128. The minimum atomic E-state index is -4.67. The third kappa shape index (κ3) is 4.33. The van der Waals surface area contributed by atoms with Gasteiger partial charge in [-0.1, -0.05) is 6.42 Å². The molecule has 0 radical (unpaired) electrons. The lowest BCUT2D eigenvalue weighted by Crippen LogP contribution is -2.39. The SMILES string of the molecule is Cn1cc(NC(=O)C2=C3NC(=NC4CCCCNC4)C=CN3NC2)c(C(F)(F)F)n1. The quantitative estimate of drug-likeness (QED) is 0.580. The van der Waals surface area contributed by atoms with Gasteiger partial charge in [0.2, 0.25) is 0 Å². The van der Waals surface area contributed by atoms with Gasteiger partial charge in [-0.05, 0) is 25.5 Å². The fourth-order valence-electron chi connectivity index (χ4n) is 3.60. The number of hydrazine groups is 1. The number of amides is 1. The van der Waals surface area contributed by atoms with Gasteiger partial charge in [0, 0.05) is 32.5 Å². The number of fused-ring (bicyclic) bond motifs is 1. The standard InChI is InChI=1S/C18H23F3N8O/c1-28-10-13(15(27-28)18(19,20)21)25-17(30)12-9-23-29-7-5-14(26-16(12)29)24-11-4-2-3-6-22-8-11/h5,7,10-11,22-23H,2-4,6,8-9H2,1H3,(H,24,26)(H,25,30). The van der Waals surface area contributed by atoms with Gasteiger partial charge in [0.1, 0.15) is 11.7 Å². The van der Waals surface area contributed by atoms with Crippen LogP contribution in [0.2, 0.25) is 0 Å². The first-order valence-electron chi connectivity index (χ1n) is 9.73. The van der Waals surface area contributed by atoms with Crippen LogP contribution in [-0.2, 0) is 18.0 Å². The van der Waals surface area contributed by atoms with E-state index in [1.807, 2.05) is 0 Å². The van der Waals surface area contributed by atoms with E-state index in [-0.39, 0.29) is 23.8 Å². The van der Waals surface area contributed by atoms with E-state index in [0.717, 1.165) is 43.2 Å². The lowest BCUT2D eigenvalue weighted by Gasteiger charge is -2.24. The Kier molecular flexibility index (Phi) is 5.52. The molecule has 3 aliphatic rings. The number of hydrogen-bond acceptors (Lipinski definition) is 6. The number of hydrogen-bond donors (Lipinski definition) is 4. The largest absolute Gasteiger partial charge is 0.437 e. The molecule has 9 nitrogen and oxygen atoms in total. The lowest BCUT2D eigenvalue weighted by atomic mass is 10.1. The van der Waals surface area contributed by atoms with Gasteiger partial charge in [-0.15, -0.1) is 0 Å². The second-order valence-electron chi connectivity index (χ2n) is 7.36. The molecule has 1 aromatic rings. The number of aromatic nitrogens is 2. The molecule has 162 valence electrons. The first-order valence-corrected chi connectivity index (χ1v) is 9.73. The maximum absolute atomic E-state index is 13.2. The number of aliphatic imine (C=N–C) groups is 1. The normalized spacial score (nSPS) is 23.4. The Bertz CT molecular complexity index is 909. The predicted octanol–water partition coefficient (Wildman–Crippen LogP) is 1.07. The molecule has 1 saturated heterocycles. The summed E-state index contributed by atoms with van der Waals surface area (Å²) in [4.78, 5) is 17.5. The number of nitrogens with one attached hydrogen (secondary N) is 4. The number of amidine groups is 1. The van der Waals surface area contributed by atoms with E-state index in [0.29, 0.717) is 11.7 Å². The summed E-state index contributed by atoms with van der Waals surface area (Å²) in [6.07, 6.45) is 3.18. The van der Waals surface area contributed by atoms with Crippen molar-refractivity contribution < 1.29 is 18.0 Å². The molecule has 0 saturated carbocycles. The predicted molar refractivity (Wildman–Crippen MR) is 104 cm³/mol. The molecule has 1 aromatic heterocycles. The molecule has 4 rings (SSSR count). The Balaban J connectivity index is 1.53. The summed E-state index contributed by atoms with van der Waals surface area (Å²) in [7, 11) is 1.37. The van der Waals surface area contributed by atoms with Crippen LogP contribution in [0.3, 0.4) is 0 Å². The average Bonchev–Trinajstić information content (AvgIpc) is 3.17. The fourth-order valence-corrected chi connectivity index (χ4v) is 3.60. The smallest absolute Gasteiger partial charge is 0.325 e. The summed E-state index contributed by atoms with van der Waals surface area (Å²) in [5.74, 6) is 0.422. The van der Waals surface area contributed by atoms with Gasteiger partial charge in [-0.25, -0.2) is 5.43 Å². The van der Waals surface area contributed by atoms with Crippen molar-refractivity contribution in [2.75, 3.05) is 25.0 Å². The zero-order chi connectivity index (χ0) is 21.3. The van der Waals surface area contributed by atoms with E-state index in [9.17, 15) is 18.0 Å². The van der Waals surface area contributed by atoms with Crippen molar-refractivity contribution in [2.45, 2.75) is 31.5 Å². The number of rotatable bonds is 3. The van der Waals surface area contributed by atoms with Crippen molar-refractivity contribution >= 4 is 17.4 Å². The topological polar surface area (TPSA) is 98.6 Å². The number of carbonyl (C=O) groups excluding carboxylic acids is 1. The third-order valence-electron chi connectivity index (χ3n) is 5.04. The van der Waals surface area contributed by atoms with Crippen LogP contribution in [0, 0.1) is 0 Å². The molecule has 0 bridgehead atoms. The summed E-state index contributed by atoms with van der Waals surface area (Å²) in [5, 5.41) is 13.8. The fraction of sp³-hybridized carbons (Fsp3) is 0.500. The molecule has 1 unspecified atom stereocenters. The van der Waals surface area contributed by atoms with Crippen molar-refractivity contribution in [1.29, 1.82) is 0 Å². The van der Waals surface area contributed by atoms with E-state index in [4.69, 9.17) is 4.99 Å². The number of anilines is 1. The number of carbonyl (C=O) groups is 1. The van der Waals surface area contributed by atoms with Gasteiger partial charge in [-0.2, -0.15) is 18.3 Å². The number of nitrogens with zero attached hydrogens (tertiary/aromatic N) is 4. The highest BCUT2D eigenvalue weighted by molar-refractivity contribution is 6.06. The van der Waals surface area contributed by atoms with Crippen molar-refractivity contribution in [3.8, 4) is 0 Å². The minimum Gasteiger partial charge on any atom is -0.325 e. The van der Waals surface area contributed by atoms with E-state index in [1.54, 1.807) is 17.3 Å². The van der Waals surface area contributed by atoms with Crippen LogP contribution in [0.4, 0.5) is 18.9 Å². The highest BCUT2D eigenvalue weighted by atomic mass is 19.4. The first kappa shape index (κ1) is 20.4. The van der Waals surface area contributed by atoms with Crippen molar-refractivity contribution in [1.82, 2.24) is 30.8 Å². The Hall–Kier alpha value is -2.86. The van der Waals surface area contributed by atoms with Gasteiger partial charge >= 0.3 is 6.18 Å². The van der Waals surface area contributed by atoms with Gasteiger partial charge in [-0.3, -0.25) is 19.5 Å². The maximum Gasteiger partial charge on any atom is 0.437 e.